The highest BCUT2D eigenvalue weighted by Crippen LogP contribution is 1.98. The van der Waals surface area contributed by atoms with Crippen LogP contribution in [0.4, 0.5) is 0 Å². The minimum atomic E-state index is -3.94. The van der Waals surface area contributed by atoms with Crippen LogP contribution in [0, 0.1) is 0 Å². The van der Waals surface area contributed by atoms with E-state index in [2.05, 4.69) is 4.98 Å². The topological polar surface area (TPSA) is 67.3 Å². The Morgan fingerprint density at radius 2 is 2.08 bits per heavy atom. The molecule has 0 aliphatic heterocycles. The molecule has 1 heterocycles. The van der Waals surface area contributed by atoms with Crippen LogP contribution in [-0.4, -0.2) is 18.0 Å². The van der Waals surface area contributed by atoms with Crippen molar-refractivity contribution in [3.05, 3.63) is 30.1 Å². The van der Waals surface area contributed by atoms with E-state index in [0.29, 0.717) is 5.69 Å². The van der Waals surface area contributed by atoms with E-state index in [1.165, 1.54) is 12.3 Å². The Bertz CT molecular complexity index is 324. The summed E-state index contributed by atoms with van der Waals surface area (Å²) in [7, 11) is -3.94. The molecule has 68 valence electrons. The van der Waals surface area contributed by atoms with E-state index in [-0.39, 0.29) is 12.4 Å². The van der Waals surface area contributed by atoms with Crippen LogP contribution in [0.3, 0.4) is 0 Å². The highest BCUT2D eigenvalue weighted by atomic mass is 35.5. The smallest absolute Gasteiger partial charge is 0.270 e. The van der Waals surface area contributed by atoms with E-state index in [4.69, 9.17) is 4.55 Å². The molecule has 1 N–H and O–H groups in total. The maximum atomic E-state index is 10.3. The summed E-state index contributed by atoms with van der Waals surface area (Å²) < 4.78 is 29.0. The van der Waals surface area contributed by atoms with Gasteiger partial charge in [-0.1, -0.05) is 6.07 Å². The van der Waals surface area contributed by atoms with Gasteiger partial charge in [-0.2, -0.15) is 8.42 Å². The second-order valence-corrected chi connectivity index (χ2v) is 3.50. The largest absolute Gasteiger partial charge is 0.285 e. The van der Waals surface area contributed by atoms with E-state index in [0.717, 1.165) is 0 Å². The van der Waals surface area contributed by atoms with Crippen LogP contribution >= 0.6 is 12.4 Å². The van der Waals surface area contributed by atoms with Gasteiger partial charge in [0.1, 0.15) is 5.75 Å². The van der Waals surface area contributed by atoms with E-state index < -0.39 is 15.9 Å². The van der Waals surface area contributed by atoms with Gasteiger partial charge in [0.2, 0.25) is 0 Å². The molecule has 0 aromatic carbocycles. The Labute approximate surface area is 76.8 Å². The van der Waals surface area contributed by atoms with Gasteiger partial charge in [-0.25, -0.2) is 0 Å². The lowest BCUT2D eigenvalue weighted by molar-refractivity contribution is 0.481. The molecular formula is C6H8ClNO3S. The van der Waals surface area contributed by atoms with E-state index >= 15 is 0 Å². The molecule has 1 rings (SSSR count). The van der Waals surface area contributed by atoms with Gasteiger partial charge in [-0.3, -0.25) is 9.54 Å². The van der Waals surface area contributed by atoms with Crippen molar-refractivity contribution < 1.29 is 13.0 Å². The standard InChI is InChI=1S/C6H7NO3S.ClH/c8-11(9,10)5-6-3-1-2-4-7-6;/h1-4H,5H2,(H,8,9,10);1H. The van der Waals surface area contributed by atoms with E-state index in [9.17, 15) is 8.42 Å². The monoisotopic (exact) mass is 209 g/mol. The Balaban J connectivity index is 0.00000121. The van der Waals surface area contributed by atoms with E-state index in [1.807, 2.05) is 0 Å². The highest BCUT2D eigenvalue weighted by molar-refractivity contribution is 7.84. The third kappa shape index (κ3) is 4.27. The Morgan fingerprint density at radius 1 is 1.42 bits per heavy atom. The van der Waals surface area contributed by atoms with Crippen molar-refractivity contribution >= 4 is 22.5 Å². The fourth-order valence-corrected chi connectivity index (χ4v) is 1.21. The van der Waals surface area contributed by atoms with Crippen molar-refractivity contribution in [1.29, 1.82) is 0 Å². The van der Waals surface area contributed by atoms with Crippen LogP contribution in [0.2, 0.25) is 0 Å². The van der Waals surface area contributed by atoms with Gasteiger partial charge >= 0.3 is 0 Å². The summed E-state index contributed by atoms with van der Waals surface area (Å²) in [5.74, 6) is -0.423. The van der Waals surface area contributed by atoms with Gasteiger partial charge in [0, 0.05) is 6.20 Å². The van der Waals surface area contributed by atoms with Gasteiger partial charge in [0.15, 0.2) is 0 Å². The van der Waals surface area contributed by atoms with Crippen LogP contribution < -0.4 is 0 Å². The maximum Gasteiger partial charge on any atom is 0.270 e. The molecule has 0 spiro atoms. The lowest BCUT2D eigenvalue weighted by atomic mass is 10.4. The van der Waals surface area contributed by atoms with Crippen molar-refractivity contribution in [2.75, 3.05) is 0 Å². The summed E-state index contributed by atoms with van der Waals surface area (Å²) in [6.45, 7) is 0. The molecule has 4 nitrogen and oxygen atoms in total. The second kappa shape index (κ2) is 4.39. The number of hydrogen-bond donors (Lipinski definition) is 1. The first-order chi connectivity index (χ1) is 5.08. The molecule has 12 heavy (non-hydrogen) atoms. The predicted molar refractivity (Wildman–Crippen MR) is 46.7 cm³/mol. The van der Waals surface area contributed by atoms with Gasteiger partial charge in [0.25, 0.3) is 10.1 Å². The molecule has 0 saturated heterocycles. The molecule has 0 unspecified atom stereocenters. The first-order valence-corrected chi connectivity index (χ1v) is 4.54. The van der Waals surface area contributed by atoms with E-state index in [1.54, 1.807) is 12.1 Å². The van der Waals surface area contributed by atoms with Crippen LogP contribution in [0.1, 0.15) is 5.69 Å². The van der Waals surface area contributed by atoms with Crippen molar-refractivity contribution in [2.24, 2.45) is 0 Å². The average Bonchev–Trinajstić information content (AvgIpc) is 1.85. The molecule has 0 radical (unpaired) electrons. The zero-order chi connectivity index (χ0) is 8.32. The van der Waals surface area contributed by atoms with Crippen LogP contribution in [-0.2, 0) is 15.9 Å². The summed E-state index contributed by atoms with van der Waals surface area (Å²) in [4.78, 5) is 3.72. The average molecular weight is 210 g/mol. The maximum absolute atomic E-state index is 10.3. The Kier molecular flexibility index (Phi) is 4.16. The molecule has 1 aromatic heterocycles. The fourth-order valence-electron chi connectivity index (χ4n) is 0.670. The first-order valence-electron chi connectivity index (χ1n) is 2.93. The van der Waals surface area contributed by atoms with Gasteiger partial charge in [-0.15, -0.1) is 12.4 Å². The lowest BCUT2D eigenvalue weighted by Crippen LogP contribution is -2.02. The van der Waals surface area contributed by atoms with Crippen molar-refractivity contribution in [3.63, 3.8) is 0 Å². The summed E-state index contributed by atoms with van der Waals surface area (Å²) >= 11 is 0. The zero-order valence-electron chi connectivity index (χ0n) is 6.04. The zero-order valence-corrected chi connectivity index (χ0v) is 7.68. The summed E-state index contributed by atoms with van der Waals surface area (Å²) in [5.41, 5.74) is 0.343. The number of nitrogens with zero attached hydrogens (tertiary/aromatic N) is 1. The second-order valence-electron chi connectivity index (χ2n) is 2.05. The molecule has 0 aliphatic carbocycles. The molecule has 6 heteroatoms. The Hall–Kier alpha value is -0.650. The molecule has 0 amide bonds. The first kappa shape index (κ1) is 11.4. The summed E-state index contributed by atoms with van der Waals surface area (Å²) in [6, 6.07) is 4.87. The molecular weight excluding hydrogens is 202 g/mol. The van der Waals surface area contributed by atoms with Gasteiger partial charge in [0.05, 0.1) is 5.69 Å². The van der Waals surface area contributed by atoms with Crippen molar-refractivity contribution in [1.82, 2.24) is 4.98 Å². The number of hydrogen-bond acceptors (Lipinski definition) is 3. The molecule has 0 aliphatic rings. The minimum absolute atomic E-state index is 0. The van der Waals surface area contributed by atoms with Crippen LogP contribution in [0.5, 0.6) is 0 Å². The lowest BCUT2D eigenvalue weighted by Gasteiger charge is -1.94. The molecule has 1 aromatic rings. The number of aromatic nitrogens is 1. The fraction of sp³-hybridized carbons (Fsp3) is 0.167. The predicted octanol–water partition coefficient (Wildman–Crippen LogP) is 0.891. The number of pyridine rings is 1. The third-order valence-corrected chi connectivity index (χ3v) is 1.72. The number of rotatable bonds is 2. The Morgan fingerprint density at radius 3 is 2.50 bits per heavy atom. The van der Waals surface area contributed by atoms with Crippen molar-refractivity contribution in [3.8, 4) is 0 Å². The van der Waals surface area contributed by atoms with Gasteiger partial charge in [-0.05, 0) is 12.1 Å². The summed E-state index contributed by atoms with van der Waals surface area (Å²) in [5, 5.41) is 0. The quantitative estimate of drug-likeness (QED) is 0.735. The summed E-state index contributed by atoms with van der Waals surface area (Å²) in [6.07, 6.45) is 1.47. The molecule has 0 atom stereocenters. The van der Waals surface area contributed by atoms with Gasteiger partial charge < -0.3 is 0 Å². The normalized spacial score (nSPS) is 10.4. The molecule has 0 bridgehead atoms. The molecule has 0 saturated carbocycles. The molecule has 0 fully saturated rings. The number of halogens is 1. The highest BCUT2D eigenvalue weighted by Gasteiger charge is 2.05. The third-order valence-electron chi connectivity index (χ3n) is 1.06. The SMILES string of the molecule is Cl.O=S(=O)(O)Cc1ccccn1. The van der Waals surface area contributed by atoms with Crippen molar-refractivity contribution in [2.45, 2.75) is 5.75 Å². The van der Waals surface area contributed by atoms with Crippen LogP contribution in [0.25, 0.3) is 0 Å². The van der Waals surface area contributed by atoms with Crippen LogP contribution in [0.15, 0.2) is 24.4 Å². The minimum Gasteiger partial charge on any atom is -0.285 e.